The van der Waals surface area contributed by atoms with E-state index >= 15 is 0 Å². The van der Waals surface area contributed by atoms with Crippen LogP contribution in [0.2, 0.25) is 0 Å². The third-order valence-corrected chi connectivity index (χ3v) is 9.10. The lowest BCUT2D eigenvalue weighted by molar-refractivity contribution is 0.0340. The molecule has 36 heavy (non-hydrogen) atoms. The molecule has 0 spiro atoms. The van der Waals surface area contributed by atoms with E-state index in [1.54, 1.807) is 28.4 Å². The van der Waals surface area contributed by atoms with Crippen molar-refractivity contribution in [3.05, 3.63) is 46.5 Å². The van der Waals surface area contributed by atoms with E-state index in [1.165, 1.54) is 48.1 Å². The second-order valence-electron chi connectivity index (χ2n) is 10.7. The van der Waals surface area contributed by atoms with Gasteiger partial charge in [0.15, 0.2) is 23.0 Å². The molecule has 0 amide bonds. The van der Waals surface area contributed by atoms with Gasteiger partial charge in [-0.1, -0.05) is 13.3 Å². The molecule has 196 valence electrons. The van der Waals surface area contributed by atoms with Crippen LogP contribution in [0, 0.1) is 11.8 Å². The van der Waals surface area contributed by atoms with Crippen molar-refractivity contribution in [2.75, 3.05) is 55.1 Å². The predicted octanol–water partition coefficient (Wildman–Crippen LogP) is 5.29. The average Bonchev–Trinajstić information content (AvgIpc) is 2.92. The Morgan fingerprint density at radius 3 is 1.92 bits per heavy atom. The van der Waals surface area contributed by atoms with Crippen LogP contribution in [0.5, 0.6) is 23.0 Å². The summed E-state index contributed by atoms with van der Waals surface area (Å²) in [6.45, 7) is 5.75. The minimum absolute atomic E-state index is 0.396. The van der Waals surface area contributed by atoms with Gasteiger partial charge in [0.25, 0.3) is 0 Å². The molecule has 0 saturated carbocycles. The number of likely N-dealkylation sites (N-methyl/N-ethyl adjacent to an activating group) is 1. The SMILES string of the molecule is CCC1CN2CCc3cc(OC)c(OC)cc3C2CC1CC1c2cc(OC)c(OC)cc2CCN1C. The highest BCUT2D eigenvalue weighted by molar-refractivity contribution is 5.50. The van der Waals surface area contributed by atoms with Gasteiger partial charge in [-0.25, -0.2) is 0 Å². The van der Waals surface area contributed by atoms with Gasteiger partial charge in [0.2, 0.25) is 0 Å². The molecule has 5 rings (SSSR count). The highest BCUT2D eigenvalue weighted by Gasteiger charge is 2.41. The Hall–Kier alpha value is -2.44. The maximum Gasteiger partial charge on any atom is 0.161 e. The minimum Gasteiger partial charge on any atom is -0.493 e. The van der Waals surface area contributed by atoms with Gasteiger partial charge >= 0.3 is 0 Å². The van der Waals surface area contributed by atoms with Crippen LogP contribution >= 0.6 is 0 Å². The van der Waals surface area contributed by atoms with Crippen molar-refractivity contribution in [3.8, 4) is 23.0 Å². The van der Waals surface area contributed by atoms with E-state index in [4.69, 9.17) is 18.9 Å². The van der Waals surface area contributed by atoms with E-state index in [2.05, 4.69) is 48.0 Å². The lowest BCUT2D eigenvalue weighted by atomic mass is 9.72. The Balaban J connectivity index is 1.46. The summed E-state index contributed by atoms with van der Waals surface area (Å²) in [6.07, 6.45) is 5.71. The van der Waals surface area contributed by atoms with Gasteiger partial charge in [-0.3, -0.25) is 9.80 Å². The van der Waals surface area contributed by atoms with E-state index < -0.39 is 0 Å². The number of hydrogen-bond acceptors (Lipinski definition) is 6. The van der Waals surface area contributed by atoms with Gasteiger partial charge in [-0.2, -0.15) is 0 Å². The second-order valence-corrected chi connectivity index (χ2v) is 10.7. The van der Waals surface area contributed by atoms with Crippen molar-refractivity contribution in [2.24, 2.45) is 11.8 Å². The monoisotopic (exact) mass is 494 g/mol. The highest BCUT2D eigenvalue weighted by Crippen LogP contribution is 2.49. The van der Waals surface area contributed by atoms with Crippen LogP contribution in [0.15, 0.2) is 24.3 Å². The Morgan fingerprint density at radius 1 is 0.750 bits per heavy atom. The average molecular weight is 495 g/mol. The molecular formula is C30H42N2O4. The van der Waals surface area contributed by atoms with E-state index in [1.807, 2.05) is 0 Å². The van der Waals surface area contributed by atoms with Crippen molar-refractivity contribution in [3.63, 3.8) is 0 Å². The highest BCUT2D eigenvalue weighted by atomic mass is 16.5. The van der Waals surface area contributed by atoms with Crippen LogP contribution in [0.1, 0.15) is 60.5 Å². The second kappa shape index (κ2) is 10.5. The van der Waals surface area contributed by atoms with Crippen LogP contribution < -0.4 is 18.9 Å². The van der Waals surface area contributed by atoms with Crippen LogP contribution in [-0.4, -0.2) is 64.9 Å². The summed E-state index contributed by atoms with van der Waals surface area (Å²) in [4.78, 5) is 5.28. The number of piperidine rings is 1. The molecule has 0 radical (unpaired) electrons. The predicted molar refractivity (Wildman–Crippen MR) is 143 cm³/mol. The van der Waals surface area contributed by atoms with Gasteiger partial charge in [0.1, 0.15) is 0 Å². The summed E-state index contributed by atoms with van der Waals surface area (Å²) >= 11 is 0. The van der Waals surface area contributed by atoms with Gasteiger partial charge in [0, 0.05) is 31.7 Å². The number of ether oxygens (including phenoxy) is 4. The summed E-state index contributed by atoms with van der Waals surface area (Å²) in [6, 6.07) is 9.72. The molecule has 6 heteroatoms. The smallest absolute Gasteiger partial charge is 0.161 e. The molecule has 0 aliphatic carbocycles. The number of nitrogens with zero attached hydrogens (tertiary/aromatic N) is 2. The summed E-state index contributed by atoms with van der Waals surface area (Å²) in [5.41, 5.74) is 5.66. The molecule has 0 bridgehead atoms. The molecule has 3 aliphatic heterocycles. The Kier molecular flexibility index (Phi) is 7.36. The van der Waals surface area contributed by atoms with E-state index in [0.29, 0.717) is 23.9 Å². The van der Waals surface area contributed by atoms with E-state index in [9.17, 15) is 0 Å². The standard InChI is InChI=1S/C30H42N2O4/c1-7-19-18-32-11-9-21-15-28(34-4)30(36-6)17-24(21)26(32)13-22(19)12-25-23-16-29(35-5)27(33-3)14-20(23)8-10-31(25)2/h14-17,19,22,25-26H,7-13,18H2,1-6H3. The lowest BCUT2D eigenvalue weighted by Crippen LogP contribution is -2.47. The zero-order valence-electron chi connectivity index (χ0n) is 22.8. The Labute approximate surface area is 216 Å². The number of benzene rings is 2. The first kappa shape index (κ1) is 25.2. The molecule has 2 aromatic carbocycles. The molecule has 2 aromatic rings. The number of methoxy groups -OCH3 is 4. The van der Waals surface area contributed by atoms with Crippen molar-refractivity contribution < 1.29 is 18.9 Å². The molecule has 0 aromatic heterocycles. The van der Waals surface area contributed by atoms with Gasteiger partial charge in [-0.15, -0.1) is 0 Å². The van der Waals surface area contributed by atoms with E-state index in [-0.39, 0.29) is 0 Å². The molecule has 1 saturated heterocycles. The molecule has 3 heterocycles. The lowest BCUT2D eigenvalue weighted by Gasteiger charge is -2.49. The van der Waals surface area contributed by atoms with Crippen molar-refractivity contribution >= 4 is 0 Å². The summed E-state index contributed by atoms with van der Waals surface area (Å²) < 4.78 is 22.6. The minimum atomic E-state index is 0.396. The van der Waals surface area contributed by atoms with Gasteiger partial charge in [0.05, 0.1) is 28.4 Å². The fourth-order valence-corrected chi connectivity index (χ4v) is 7.00. The van der Waals surface area contributed by atoms with Crippen molar-refractivity contribution in [1.29, 1.82) is 0 Å². The molecule has 0 N–H and O–H groups in total. The maximum atomic E-state index is 5.70. The molecule has 3 aliphatic rings. The zero-order valence-corrected chi connectivity index (χ0v) is 22.8. The summed E-state index contributed by atoms with van der Waals surface area (Å²) in [5, 5.41) is 0. The quantitative estimate of drug-likeness (QED) is 0.521. The largest absolute Gasteiger partial charge is 0.493 e. The summed E-state index contributed by atoms with van der Waals surface area (Å²) in [5.74, 6) is 4.72. The summed E-state index contributed by atoms with van der Waals surface area (Å²) in [7, 11) is 9.21. The van der Waals surface area contributed by atoms with Crippen molar-refractivity contribution in [1.82, 2.24) is 9.80 Å². The van der Waals surface area contributed by atoms with E-state index in [0.717, 1.165) is 48.9 Å². The fraction of sp³-hybridized carbons (Fsp3) is 0.600. The van der Waals surface area contributed by atoms with Crippen LogP contribution in [0.3, 0.4) is 0 Å². The number of hydrogen-bond donors (Lipinski definition) is 0. The zero-order chi connectivity index (χ0) is 25.4. The van der Waals surface area contributed by atoms with Gasteiger partial charge < -0.3 is 18.9 Å². The fourth-order valence-electron chi connectivity index (χ4n) is 7.00. The van der Waals surface area contributed by atoms with Crippen LogP contribution in [-0.2, 0) is 12.8 Å². The topological polar surface area (TPSA) is 43.4 Å². The molecule has 1 fully saturated rings. The maximum absolute atomic E-state index is 5.70. The van der Waals surface area contributed by atoms with Gasteiger partial charge in [-0.05, 0) is 91.1 Å². The molecular weight excluding hydrogens is 452 g/mol. The Morgan fingerprint density at radius 2 is 1.31 bits per heavy atom. The van der Waals surface area contributed by atoms with Crippen LogP contribution in [0.4, 0.5) is 0 Å². The molecule has 4 unspecified atom stereocenters. The number of rotatable bonds is 7. The molecule has 4 atom stereocenters. The van der Waals surface area contributed by atoms with Crippen molar-refractivity contribution in [2.45, 2.75) is 51.1 Å². The first-order valence-electron chi connectivity index (χ1n) is 13.4. The van der Waals surface area contributed by atoms with Crippen LogP contribution in [0.25, 0.3) is 0 Å². The Bertz CT molecular complexity index is 1090. The number of fused-ring (bicyclic) bond motifs is 4. The third kappa shape index (κ3) is 4.43. The first-order chi connectivity index (χ1) is 17.5. The first-order valence-corrected chi connectivity index (χ1v) is 13.4. The molecule has 6 nitrogen and oxygen atoms in total. The third-order valence-electron chi connectivity index (χ3n) is 9.10. The normalized spacial score (nSPS) is 25.9.